The van der Waals surface area contributed by atoms with Crippen LogP contribution >= 0.6 is 0 Å². The van der Waals surface area contributed by atoms with Crippen molar-refractivity contribution in [3.63, 3.8) is 0 Å². The Labute approximate surface area is 192 Å². The Kier molecular flexibility index (Phi) is 11.3. The maximum absolute atomic E-state index is 9.65. The number of aliphatic hydroxyl groups is 1. The largest absolute Gasteiger partial charge is 0.508 e. The molecule has 0 heterocycles. The summed E-state index contributed by atoms with van der Waals surface area (Å²) in [6.07, 6.45) is 14.3. The summed E-state index contributed by atoms with van der Waals surface area (Å²) in [7, 11) is 0. The van der Waals surface area contributed by atoms with E-state index in [1.807, 2.05) is 18.2 Å². The first-order valence-electron chi connectivity index (χ1n) is 11.5. The summed E-state index contributed by atoms with van der Waals surface area (Å²) in [6.45, 7) is 0.230. The molecule has 2 aromatic rings. The molecule has 0 radical (unpaired) electrons. The molecule has 2 nitrogen and oxygen atoms in total. The average molecular weight is 448 g/mol. The molecule has 0 unspecified atom stereocenters. The molecule has 2 saturated carbocycles. The zero-order valence-electron chi connectivity index (χ0n) is 18.0. The normalized spacial score (nSPS) is 17.0. The number of allylic oxidation sites excluding steroid dienone is 1. The molecule has 3 heteroatoms. The summed E-state index contributed by atoms with van der Waals surface area (Å²) < 4.78 is 0. The molecule has 0 amide bonds. The molecule has 2 aliphatic carbocycles. The van der Waals surface area contributed by atoms with E-state index in [2.05, 4.69) is 24.3 Å². The Morgan fingerprint density at radius 1 is 0.733 bits per heavy atom. The maximum Gasteiger partial charge on any atom is 0.115 e. The summed E-state index contributed by atoms with van der Waals surface area (Å²) in [4.78, 5) is 0. The van der Waals surface area contributed by atoms with Crippen molar-refractivity contribution in [1.29, 1.82) is 0 Å². The summed E-state index contributed by atoms with van der Waals surface area (Å²) in [5.74, 6) is 0.907. The number of aliphatic hydroxyl groups excluding tert-OH is 1. The van der Waals surface area contributed by atoms with E-state index in [0.29, 0.717) is 11.7 Å². The van der Waals surface area contributed by atoms with E-state index in [0.717, 1.165) is 18.4 Å². The van der Waals surface area contributed by atoms with Crippen LogP contribution in [0.25, 0.3) is 5.57 Å². The van der Waals surface area contributed by atoms with Gasteiger partial charge >= 0.3 is 0 Å². The molecular weight excluding hydrogens is 412 g/mol. The predicted octanol–water partition coefficient (Wildman–Crippen LogP) is 7.10. The zero-order chi connectivity index (χ0) is 20.3. The molecule has 2 fully saturated rings. The third-order valence-corrected chi connectivity index (χ3v) is 6.24. The van der Waals surface area contributed by atoms with Crippen LogP contribution in [0.4, 0.5) is 0 Å². The molecule has 0 aliphatic heterocycles. The van der Waals surface area contributed by atoms with E-state index in [1.165, 1.54) is 74.5 Å². The van der Waals surface area contributed by atoms with Gasteiger partial charge < -0.3 is 10.2 Å². The molecule has 0 saturated heterocycles. The number of hydrogen-bond donors (Lipinski definition) is 2. The van der Waals surface area contributed by atoms with Crippen molar-refractivity contribution in [3.05, 3.63) is 71.3 Å². The number of phenols is 1. The van der Waals surface area contributed by atoms with Gasteiger partial charge in [0.2, 0.25) is 0 Å². The van der Waals surface area contributed by atoms with Crippen LogP contribution < -0.4 is 0 Å². The van der Waals surface area contributed by atoms with Crippen LogP contribution in [-0.2, 0) is 17.1 Å². The summed E-state index contributed by atoms with van der Waals surface area (Å²) >= 11 is 0. The van der Waals surface area contributed by atoms with Gasteiger partial charge in [0.05, 0.1) is 0 Å². The quantitative estimate of drug-likeness (QED) is 0.463. The third kappa shape index (κ3) is 7.30. The first-order chi connectivity index (χ1) is 14.3. The van der Waals surface area contributed by atoms with Crippen LogP contribution in [0.1, 0.15) is 81.8 Å². The van der Waals surface area contributed by atoms with Gasteiger partial charge in [-0.25, -0.2) is 0 Å². The van der Waals surface area contributed by atoms with Gasteiger partial charge in [-0.15, -0.1) is 0 Å². The first-order valence-corrected chi connectivity index (χ1v) is 11.5. The van der Waals surface area contributed by atoms with E-state index >= 15 is 0 Å². The standard InChI is InChI=1S/C22H26O2.C5H10.Fe/c23-16-6-11-21(17-7-4-5-8-17)22(18-9-2-1-3-10-18)19-12-14-20(24)15-13-19;1-2-4-5-3-1;/h1-3,9-10,12-15,17,23-24H,4-8,11,16H2;1-5H2;. The van der Waals surface area contributed by atoms with Crippen molar-refractivity contribution in [2.45, 2.75) is 70.6 Å². The number of benzene rings is 2. The Hall–Kier alpha value is -1.54. The van der Waals surface area contributed by atoms with Crippen molar-refractivity contribution in [2.75, 3.05) is 6.61 Å². The van der Waals surface area contributed by atoms with Gasteiger partial charge in [0.15, 0.2) is 0 Å². The van der Waals surface area contributed by atoms with Gasteiger partial charge in [-0.3, -0.25) is 0 Å². The van der Waals surface area contributed by atoms with Crippen molar-refractivity contribution >= 4 is 5.57 Å². The monoisotopic (exact) mass is 448 g/mol. The fourth-order valence-electron chi connectivity index (χ4n) is 4.73. The van der Waals surface area contributed by atoms with Gasteiger partial charge in [-0.2, -0.15) is 0 Å². The van der Waals surface area contributed by atoms with Crippen molar-refractivity contribution in [1.82, 2.24) is 0 Å². The van der Waals surface area contributed by atoms with E-state index in [1.54, 1.807) is 12.1 Å². The first kappa shape index (κ1) is 24.7. The molecule has 0 aromatic heterocycles. The summed E-state index contributed by atoms with van der Waals surface area (Å²) in [5, 5.41) is 19.0. The van der Waals surface area contributed by atoms with Crippen LogP contribution in [0.15, 0.2) is 60.2 Å². The van der Waals surface area contributed by atoms with E-state index in [9.17, 15) is 10.2 Å². The number of phenolic OH excluding ortho intramolecular Hbond substituents is 1. The molecule has 4 rings (SSSR count). The predicted molar refractivity (Wildman–Crippen MR) is 122 cm³/mol. The minimum atomic E-state index is 0. The summed E-state index contributed by atoms with van der Waals surface area (Å²) in [5.41, 5.74) is 5.14. The van der Waals surface area contributed by atoms with Crippen LogP contribution in [0.5, 0.6) is 5.75 Å². The van der Waals surface area contributed by atoms with Crippen molar-refractivity contribution in [3.8, 4) is 5.75 Å². The van der Waals surface area contributed by atoms with Gasteiger partial charge in [-0.05, 0) is 60.4 Å². The van der Waals surface area contributed by atoms with Gasteiger partial charge in [0, 0.05) is 23.7 Å². The van der Waals surface area contributed by atoms with Crippen LogP contribution in [0, 0.1) is 5.92 Å². The van der Waals surface area contributed by atoms with Crippen molar-refractivity contribution < 1.29 is 27.3 Å². The molecule has 30 heavy (non-hydrogen) atoms. The van der Waals surface area contributed by atoms with Gasteiger partial charge in [0.25, 0.3) is 0 Å². The Balaban J connectivity index is 0.000000468. The second-order valence-electron chi connectivity index (χ2n) is 8.39. The van der Waals surface area contributed by atoms with E-state index in [4.69, 9.17) is 0 Å². The van der Waals surface area contributed by atoms with Gasteiger partial charge in [0.1, 0.15) is 5.75 Å². The molecule has 0 atom stereocenters. The topological polar surface area (TPSA) is 40.5 Å². The number of rotatable bonds is 6. The fourth-order valence-corrected chi connectivity index (χ4v) is 4.73. The van der Waals surface area contributed by atoms with E-state index < -0.39 is 0 Å². The maximum atomic E-state index is 9.65. The third-order valence-electron chi connectivity index (χ3n) is 6.24. The Morgan fingerprint density at radius 3 is 1.80 bits per heavy atom. The summed E-state index contributed by atoms with van der Waals surface area (Å²) in [6, 6.07) is 18.1. The van der Waals surface area contributed by atoms with Crippen LogP contribution in [-0.4, -0.2) is 16.8 Å². The number of hydrogen-bond acceptors (Lipinski definition) is 2. The molecule has 2 N–H and O–H groups in total. The van der Waals surface area contributed by atoms with E-state index in [-0.39, 0.29) is 23.7 Å². The molecule has 2 aliphatic rings. The molecular formula is C27H36FeO2. The second kappa shape index (κ2) is 13.7. The minimum Gasteiger partial charge on any atom is -0.508 e. The van der Waals surface area contributed by atoms with Crippen molar-refractivity contribution in [2.24, 2.45) is 5.92 Å². The average Bonchev–Trinajstić information content (AvgIpc) is 3.50. The minimum absolute atomic E-state index is 0. The molecule has 0 spiro atoms. The molecule has 0 bridgehead atoms. The zero-order valence-corrected chi connectivity index (χ0v) is 19.1. The Bertz CT molecular complexity index is 735. The number of aromatic hydroxyl groups is 1. The second-order valence-corrected chi connectivity index (χ2v) is 8.39. The van der Waals surface area contributed by atoms with Gasteiger partial charge in [-0.1, -0.05) is 93.0 Å². The van der Waals surface area contributed by atoms with Crippen LogP contribution in [0.2, 0.25) is 0 Å². The van der Waals surface area contributed by atoms with Crippen LogP contribution in [0.3, 0.4) is 0 Å². The smallest absolute Gasteiger partial charge is 0.115 e. The molecule has 164 valence electrons. The molecule has 2 aromatic carbocycles. The Morgan fingerprint density at radius 2 is 1.27 bits per heavy atom. The fraction of sp³-hybridized carbons (Fsp3) is 0.481. The SMILES string of the molecule is C1CCCC1.OCCCC(=C(c1ccccc1)c1ccc(O)cc1)C1CCCC1.[Fe].